The van der Waals surface area contributed by atoms with E-state index in [0.717, 1.165) is 0 Å². The van der Waals surface area contributed by atoms with E-state index in [1.54, 1.807) is 57.7 Å². The van der Waals surface area contributed by atoms with Crippen LogP contribution in [0.3, 0.4) is 0 Å². The van der Waals surface area contributed by atoms with Gasteiger partial charge in [0.2, 0.25) is 0 Å². The molecule has 1 amide bonds. The fraction of sp³-hybridized carbons (Fsp3) is 0.143. The summed E-state index contributed by atoms with van der Waals surface area (Å²) in [5.41, 5.74) is 1.79. The van der Waals surface area contributed by atoms with Gasteiger partial charge in [-0.1, -0.05) is 6.07 Å². The Kier molecular flexibility index (Phi) is 5.96. The van der Waals surface area contributed by atoms with E-state index in [2.05, 4.69) is 15.6 Å². The van der Waals surface area contributed by atoms with E-state index in [9.17, 15) is 4.79 Å². The first-order chi connectivity index (χ1) is 13.6. The van der Waals surface area contributed by atoms with Gasteiger partial charge in [0, 0.05) is 24.0 Å². The lowest BCUT2D eigenvalue weighted by molar-refractivity contribution is 0.102. The Morgan fingerprint density at radius 1 is 0.893 bits per heavy atom. The van der Waals surface area contributed by atoms with E-state index in [4.69, 9.17) is 14.2 Å². The second kappa shape index (κ2) is 8.77. The lowest BCUT2D eigenvalue weighted by atomic mass is 10.2. The van der Waals surface area contributed by atoms with Crippen molar-refractivity contribution < 1.29 is 19.0 Å². The molecule has 1 heterocycles. The first-order valence-electron chi connectivity index (χ1n) is 8.53. The zero-order valence-electron chi connectivity index (χ0n) is 15.9. The molecule has 144 valence electrons. The summed E-state index contributed by atoms with van der Waals surface area (Å²) in [5, 5.41) is 5.98. The number of nitrogens with zero attached hydrogens (tertiary/aromatic N) is 1. The van der Waals surface area contributed by atoms with Crippen molar-refractivity contribution in [2.45, 2.75) is 0 Å². The van der Waals surface area contributed by atoms with Crippen LogP contribution in [0.4, 0.5) is 17.2 Å². The molecule has 0 unspecified atom stereocenters. The number of anilines is 3. The zero-order chi connectivity index (χ0) is 19.9. The molecule has 1 aromatic heterocycles. The molecule has 0 aliphatic heterocycles. The van der Waals surface area contributed by atoms with Crippen molar-refractivity contribution in [3.63, 3.8) is 0 Å². The van der Waals surface area contributed by atoms with Gasteiger partial charge in [-0.3, -0.25) is 4.79 Å². The monoisotopic (exact) mass is 379 g/mol. The number of hydrogen-bond donors (Lipinski definition) is 2. The lowest BCUT2D eigenvalue weighted by Gasteiger charge is -2.12. The second-order valence-electron chi connectivity index (χ2n) is 5.81. The molecule has 0 fully saturated rings. The minimum atomic E-state index is -0.258. The maximum Gasteiger partial charge on any atom is 0.257 e. The van der Waals surface area contributed by atoms with Crippen molar-refractivity contribution in [1.82, 2.24) is 4.98 Å². The van der Waals surface area contributed by atoms with E-state index in [1.165, 1.54) is 6.20 Å². The van der Waals surface area contributed by atoms with Gasteiger partial charge in [-0.15, -0.1) is 0 Å². The standard InChI is InChI=1S/C21H21N3O4/c1-26-16-6-4-5-15(11-16)23-21(25)14-7-10-20(22-13-14)24-18-12-17(27-2)8-9-19(18)28-3/h4-13H,1-3H3,(H,22,24)(H,23,25). The van der Waals surface area contributed by atoms with Gasteiger partial charge in [0.1, 0.15) is 23.1 Å². The van der Waals surface area contributed by atoms with Crippen LogP contribution in [0.2, 0.25) is 0 Å². The van der Waals surface area contributed by atoms with Gasteiger partial charge in [0.05, 0.1) is 32.6 Å². The molecule has 3 rings (SSSR count). The number of nitrogens with one attached hydrogen (secondary N) is 2. The topological polar surface area (TPSA) is 81.7 Å². The Morgan fingerprint density at radius 2 is 1.68 bits per heavy atom. The molecule has 0 bridgehead atoms. The van der Waals surface area contributed by atoms with E-state index in [1.807, 2.05) is 18.2 Å². The third kappa shape index (κ3) is 4.50. The Morgan fingerprint density at radius 3 is 2.36 bits per heavy atom. The van der Waals surface area contributed by atoms with Crippen LogP contribution in [0, 0.1) is 0 Å². The summed E-state index contributed by atoms with van der Waals surface area (Å²) < 4.78 is 15.7. The number of aromatic nitrogens is 1. The van der Waals surface area contributed by atoms with Crippen LogP contribution in [0.15, 0.2) is 60.8 Å². The van der Waals surface area contributed by atoms with Gasteiger partial charge in [0.15, 0.2) is 0 Å². The molecule has 0 saturated carbocycles. The smallest absolute Gasteiger partial charge is 0.257 e. The lowest BCUT2D eigenvalue weighted by Crippen LogP contribution is -2.12. The average molecular weight is 379 g/mol. The highest BCUT2D eigenvalue weighted by molar-refractivity contribution is 6.04. The first kappa shape index (κ1) is 19.0. The molecule has 0 aliphatic rings. The van der Waals surface area contributed by atoms with Crippen LogP contribution in [0.1, 0.15) is 10.4 Å². The molecule has 0 spiro atoms. The third-order valence-corrected chi connectivity index (χ3v) is 4.02. The Labute approximate surface area is 163 Å². The van der Waals surface area contributed by atoms with Gasteiger partial charge in [-0.25, -0.2) is 4.98 Å². The highest BCUT2D eigenvalue weighted by Gasteiger charge is 2.09. The van der Waals surface area contributed by atoms with Crippen LogP contribution in [-0.4, -0.2) is 32.2 Å². The Hall–Kier alpha value is -3.74. The molecule has 0 radical (unpaired) electrons. The van der Waals surface area contributed by atoms with Gasteiger partial charge < -0.3 is 24.8 Å². The number of ether oxygens (including phenoxy) is 3. The number of pyridine rings is 1. The fourth-order valence-corrected chi connectivity index (χ4v) is 2.56. The molecule has 2 aromatic carbocycles. The highest BCUT2D eigenvalue weighted by atomic mass is 16.5. The number of rotatable bonds is 7. The summed E-state index contributed by atoms with van der Waals surface area (Å²) in [6, 6.07) is 16.0. The first-order valence-corrected chi connectivity index (χ1v) is 8.53. The van der Waals surface area contributed by atoms with E-state index in [0.29, 0.717) is 40.0 Å². The molecule has 7 heteroatoms. The summed E-state index contributed by atoms with van der Waals surface area (Å²) in [6.45, 7) is 0. The average Bonchev–Trinajstić information content (AvgIpc) is 2.74. The maximum atomic E-state index is 12.4. The summed E-state index contributed by atoms with van der Waals surface area (Å²) in [6.07, 6.45) is 1.50. The van der Waals surface area contributed by atoms with Crippen LogP contribution < -0.4 is 24.8 Å². The second-order valence-corrected chi connectivity index (χ2v) is 5.81. The molecule has 0 aliphatic carbocycles. The van der Waals surface area contributed by atoms with Crippen molar-refractivity contribution in [2.24, 2.45) is 0 Å². The molecule has 0 saturated heterocycles. The van der Waals surface area contributed by atoms with Crippen LogP contribution >= 0.6 is 0 Å². The van der Waals surface area contributed by atoms with E-state index < -0.39 is 0 Å². The highest BCUT2D eigenvalue weighted by Crippen LogP contribution is 2.31. The van der Waals surface area contributed by atoms with Crippen LogP contribution in [0.25, 0.3) is 0 Å². The molecular weight excluding hydrogens is 358 g/mol. The van der Waals surface area contributed by atoms with Crippen molar-refractivity contribution in [3.05, 3.63) is 66.4 Å². The summed E-state index contributed by atoms with van der Waals surface area (Å²) >= 11 is 0. The van der Waals surface area contributed by atoms with Gasteiger partial charge in [-0.2, -0.15) is 0 Å². The predicted octanol–water partition coefficient (Wildman–Crippen LogP) is 4.10. The summed E-state index contributed by atoms with van der Waals surface area (Å²) in [7, 11) is 4.76. The normalized spacial score (nSPS) is 10.1. The van der Waals surface area contributed by atoms with E-state index in [-0.39, 0.29) is 5.91 Å². The van der Waals surface area contributed by atoms with E-state index >= 15 is 0 Å². The molecular formula is C21H21N3O4. The minimum absolute atomic E-state index is 0.258. The number of carbonyl (C=O) groups excluding carboxylic acids is 1. The van der Waals surface area contributed by atoms with Gasteiger partial charge >= 0.3 is 0 Å². The zero-order valence-corrected chi connectivity index (χ0v) is 15.9. The third-order valence-electron chi connectivity index (χ3n) is 4.02. The summed E-state index contributed by atoms with van der Waals surface area (Å²) in [4.78, 5) is 16.7. The number of hydrogen-bond acceptors (Lipinski definition) is 6. The largest absolute Gasteiger partial charge is 0.497 e. The maximum absolute atomic E-state index is 12.4. The summed E-state index contributed by atoms with van der Waals surface area (Å²) in [5.74, 6) is 2.33. The minimum Gasteiger partial charge on any atom is -0.497 e. The Bertz CT molecular complexity index is 958. The van der Waals surface area contributed by atoms with Crippen molar-refractivity contribution >= 4 is 23.1 Å². The SMILES string of the molecule is COc1cccc(NC(=O)c2ccc(Nc3cc(OC)ccc3OC)nc2)c1. The number of amides is 1. The number of carbonyl (C=O) groups is 1. The fourth-order valence-electron chi connectivity index (χ4n) is 2.56. The van der Waals surface area contributed by atoms with Gasteiger partial charge in [0.25, 0.3) is 5.91 Å². The Balaban J connectivity index is 1.72. The van der Waals surface area contributed by atoms with Crippen LogP contribution in [-0.2, 0) is 0 Å². The molecule has 28 heavy (non-hydrogen) atoms. The van der Waals surface area contributed by atoms with Gasteiger partial charge in [-0.05, 0) is 36.4 Å². The van der Waals surface area contributed by atoms with Crippen molar-refractivity contribution in [3.8, 4) is 17.2 Å². The van der Waals surface area contributed by atoms with Crippen molar-refractivity contribution in [1.29, 1.82) is 0 Å². The molecule has 0 atom stereocenters. The van der Waals surface area contributed by atoms with Crippen molar-refractivity contribution in [2.75, 3.05) is 32.0 Å². The number of methoxy groups -OCH3 is 3. The molecule has 3 aromatic rings. The predicted molar refractivity (Wildman–Crippen MR) is 108 cm³/mol. The molecule has 2 N–H and O–H groups in total. The van der Waals surface area contributed by atoms with Crippen LogP contribution in [0.5, 0.6) is 17.2 Å². The number of benzene rings is 2. The quantitative estimate of drug-likeness (QED) is 0.643. The molecule has 7 nitrogen and oxygen atoms in total.